The molecule has 0 aliphatic carbocycles. The maximum Gasteiger partial charge on any atom is 0.138 e. The van der Waals surface area contributed by atoms with E-state index in [4.69, 9.17) is 5.73 Å². The highest BCUT2D eigenvalue weighted by Crippen LogP contribution is 2.26. The van der Waals surface area contributed by atoms with Crippen LogP contribution in [-0.4, -0.2) is 9.97 Å². The van der Waals surface area contributed by atoms with E-state index in [0.717, 1.165) is 17.3 Å². The number of hydrogen-bond donors (Lipinski definition) is 1. The summed E-state index contributed by atoms with van der Waals surface area (Å²) in [7, 11) is 0. The Kier molecular flexibility index (Phi) is 3.41. The summed E-state index contributed by atoms with van der Waals surface area (Å²) < 4.78 is 0. The zero-order valence-electron chi connectivity index (χ0n) is 9.05. The van der Waals surface area contributed by atoms with Crippen LogP contribution in [0.25, 0.3) is 0 Å². The SMILES string of the molecule is Cc1ccc(N)cc1SCc1ncccn1. The van der Waals surface area contributed by atoms with Gasteiger partial charge in [0.2, 0.25) is 0 Å². The number of nitrogens with two attached hydrogens (primary N) is 1. The summed E-state index contributed by atoms with van der Waals surface area (Å²) in [4.78, 5) is 9.55. The minimum Gasteiger partial charge on any atom is -0.399 e. The van der Waals surface area contributed by atoms with Crippen LogP contribution in [0.15, 0.2) is 41.6 Å². The molecule has 1 aromatic carbocycles. The Balaban J connectivity index is 2.08. The van der Waals surface area contributed by atoms with Crippen LogP contribution in [-0.2, 0) is 5.75 Å². The Hall–Kier alpha value is -1.55. The van der Waals surface area contributed by atoms with Crippen molar-refractivity contribution in [3.05, 3.63) is 48.0 Å². The number of anilines is 1. The Labute approximate surface area is 99.1 Å². The summed E-state index contributed by atoms with van der Waals surface area (Å²) in [5.41, 5.74) is 7.78. The van der Waals surface area contributed by atoms with Gasteiger partial charge in [-0.1, -0.05) is 6.07 Å². The molecule has 0 bridgehead atoms. The smallest absolute Gasteiger partial charge is 0.138 e. The third-order valence-corrected chi connectivity index (χ3v) is 3.34. The molecule has 0 radical (unpaired) electrons. The lowest BCUT2D eigenvalue weighted by molar-refractivity contribution is 1.03. The van der Waals surface area contributed by atoms with Crippen molar-refractivity contribution in [1.29, 1.82) is 0 Å². The second-order valence-corrected chi connectivity index (χ2v) is 4.50. The normalized spacial score (nSPS) is 10.3. The van der Waals surface area contributed by atoms with Gasteiger partial charge in [0.1, 0.15) is 5.82 Å². The summed E-state index contributed by atoms with van der Waals surface area (Å²) in [5, 5.41) is 0. The maximum absolute atomic E-state index is 5.75. The number of benzene rings is 1. The van der Waals surface area contributed by atoms with Gasteiger partial charge < -0.3 is 5.73 Å². The van der Waals surface area contributed by atoms with Crippen LogP contribution in [0.2, 0.25) is 0 Å². The highest BCUT2D eigenvalue weighted by molar-refractivity contribution is 7.98. The number of hydrogen-bond acceptors (Lipinski definition) is 4. The Morgan fingerprint density at radius 3 is 2.75 bits per heavy atom. The number of nitrogen functional groups attached to an aromatic ring is 1. The molecule has 1 aromatic heterocycles. The van der Waals surface area contributed by atoms with E-state index in [0.29, 0.717) is 0 Å². The first kappa shape index (κ1) is 11.0. The zero-order valence-corrected chi connectivity index (χ0v) is 9.87. The first-order valence-corrected chi connectivity index (χ1v) is 5.99. The molecular formula is C12H13N3S. The predicted octanol–water partition coefficient (Wildman–Crippen LogP) is 2.66. The molecule has 0 fully saturated rings. The number of thioether (sulfide) groups is 1. The van der Waals surface area contributed by atoms with Crippen LogP contribution >= 0.6 is 11.8 Å². The summed E-state index contributed by atoms with van der Waals surface area (Å²) in [6.07, 6.45) is 3.52. The fourth-order valence-corrected chi connectivity index (χ4v) is 2.27. The first-order valence-electron chi connectivity index (χ1n) is 5.00. The third-order valence-electron chi connectivity index (χ3n) is 2.19. The van der Waals surface area contributed by atoms with Crippen LogP contribution in [0.1, 0.15) is 11.4 Å². The molecule has 2 rings (SSSR count). The topological polar surface area (TPSA) is 51.8 Å². The van der Waals surface area contributed by atoms with Gasteiger partial charge in [-0.2, -0.15) is 0 Å². The number of aryl methyl sites for hydroxylation is 1. The minimum absolute atomic E-state index is 0.769. The fraction of sp³-hybridized carbons (Fsp3) is 0.167. The average Bonchev–Trinajstić information content (AvgIpc) is 2.32. The lowest BCUT2D eigenvalue weighted by atomic mass is 10.2. The molecule has 16 heavy (non-hydrogen) atoms. The fourth-order valence-electron chi connectivity index (χ4n) is 1.32. The second-order valence-electron chi connectivity index (χ2n) is 3.48. The van der Waals surface area contributed by atoms with Gasteiger partial charge in [0, 0.05) is 23.0 Å². The van der Waals surface area contributed by atoms with Crippen LogP contribution in [0.5, 0.6) is 0 Å². The van der Waals surface area contributed by atoms with Crippen LogP contribution in [0, 0.1) is 6.92 Å². The van der Waals surface area contributed by atoms with Crippen molar-refractivity contribution in [3.63, 3.8) is 0 Å². The molecule has 0 spiro atoms. The van der Waals surface area contributed by atoms with Gasteiger partial charge in [0.05, 0.1) is 5.75 Å². The summed E-state index contributed by atoms with van der Waals surface area (Å²) >= 11 is 1.71. The molecule has 3 nitrogen and oxygen atoms in total. The van der Waals surface area contributed by atoms with Gasteiger partial charge in [0.15, 0.2) is 0 Å². The van der Waals surface area contributed by atoms with Crippen LogP contribution in [0.4, 0.5) is 5.69 Å². The van der Waals surface area contributed by atoms with Crippen molar-refractivity contribution in [2.45, 2.75) is 17.6 Å². The van der Waals surface area contributed by atoms with E-state index >= 15 is 0 Å². The van der Waals surface area contributed by atoms with Crippen molar-refractivity contribution in [1.82, 2.24) is 9.97 Å². The molecule has 0 saturated carbocycles. The molecule has 2 aromatic rings. The minimum atomic E-state index is 0.769. The molecule has 0 saturated heterocycles. The van der Waals surface area contributed by atoms with Gasteiger partial charge >= 0.3 is 0 Å². The largest absolute Gasteiger partial charge is 0.399 e. The van der Waals surface area contributed by atoms with Crippen molar-refractivity contribution < 1.29 is 0 Å². The van der Waals surface area contributed by atoms with E-state index in [2.05, 4.69) is 16.9 Å². The average molecular weight is 231 g/mol. The van der Waals surface area contributed by atoms with Crippen molar-refractivity contribution in [2.75, 3.05) is 5.73 Å². The molecule has 2 N–H and O–H groups in total. The van der Waals surface area contributed by atoms with Crippen LogP contribution in [0.3, 0.4) is 0 Å². The standard InChI is InChI=1S/C12H13N3S/c1-9-3-4-10(13)7-11(9)16-8-12-14-5-2-6-15-12/h2-7H,8,13H2,1H3. The van der Waals surface area contributed by atoms with Crippen molar-refractivity contribution >= 4 is 17.4 Å². The van der Waals surface area contributed by atoms with Gasteiger partial charge in [0.25, 0.3) is 0 Å². The molecule has 4 heteroatoms. The monoisotopic (exact) mass is 231 g/mol. The lowest BCUT2D eigenvalue weighted by Crippen LogP contribution is -1.91. The highest BCUT2D eigenvalue weighted by atomic mass is 32.2. The molecule has 82 valence electrons. The highest BCUT2D eigenvalue weighted by Gasteiger charge is 2.01. The lowest BCUT2D eigenvalue weighted by Gasteiger charge is -2.05. The van der Waals surface area contributed by atoms with Crippen LogP contribution < -0.4 is 5.73 Å². The number of aromatic nitrogens is 2. The van der Waals surface area contributed by atoms with E-state index in [1.807, 2.05) is 24.3 Å². The van der Waals surface area contributed by atoms with Crippen molar-refractivity contribution in [3.8, 4) is 0 Å². The molecule has 0 unspecified atom stereocenters. The quantitative estimate of drug-likeness (QED) is 0.651. The first-order chi connectivity index (χ1) is 7.75. The Bertz CT molecular complexity index is 471. The molecule has 1 heterocycles. The Morgan fingerprint density at radius 1 is 1.25 bits per heavy atom. The van der Waals surface area contributed by atoms with Gasteiger partial charge in [-0.25, -0.2) is 9.97 Å². The molecular weight excluding hydrogens is 218 g/mol. The molecule has 0 aliphatic heterocycles. The van der Waals surface area contributed by atoms with E-state index in [1.165, 1.54) is 10.5 Å². The van der Waals surface area contributed by atoms with Gasteiger partial charge in [-0.3, -0.25) is 0 Å². The Morgan fingerprint density at radius 2 is 2.00 bits per heavy atom. The summed E-state index contributed by atoms with van der Waals surface area (Å²) in [6.45, 7) is 2.08. The maximum atomic E-state index is 5.75. The summed E-state index contributed by atoms with van der Waals surface area (Å²) in [6, 6.07) is 7.75. The number of nitrogens with zero attached hydrogens (tertiary/aromatic N) is 2. The van der Waals surface area contributed by atoms with Gasteiger partial charge in [-0.05, 0) is 30.7 Å². The molecule has 0 aliphatic rings. The predicted molar refractivity (Wildman–Crippen MR) is 67.2 cm³/mol. The van der Waals surface area contributed by atoms with Gasteiger partial charge in [-0.15, -0.1) is 11.8 Å². The molecule has 0 amide bonds. The third kappa shape index (κ3) is 2.73. The van der Waals surface area contributed by atoms with E-state index in [9.17, 15) is 0 Å². The number of rotatable bonds is 3. The second kappa shape index (κ2) is 4.99. The summed E-state index contributed by atoms with van der Waals surface area (Å²) in [5.74, 6) is 1.61. The molecule has 0 atom stereocenters. The zero-order chi connectivity index (χ0) is 11.4. The van der Waals surface area contributed by atoms with Crippen molar-refractivity contribution in [2.24, 2.45) is 0 Å². The van der Waals surface area contributed by atoms with E-state index in [1.54, 1.807) is 24.2 Å². The van der Waals surface area contributed by atoms with E-state index < -0.39 is 0 Å². The van der Waals surface area contributed by atoms with E-state index in [-0.39, 0.29) is 0 Å².